The van der Waals surface area contributed by atoms with Crippen LogP contribution >= 0.6 is 11.6 Å². The Bertz CT molecular complexity index is 1080. The molecule has 0 unspecified atom stereocenters. The van der Waals surface area contributed by atoms with Gasteiger partial charge in [0, 0.05) is 36.1 Å². The van der Waals surface area contributed by atoms with Gasteiger partial charge in [-0.05, 0) is 42.3 Å². The van der Waals surface area contributed by atoms with Gasteiger partial charge in [0.15, 0.2) is 0 Å². The quantitative estimate of drug-likeness (QED) is 0.328. The van der Waals surface area contributed by atoms with Crippen molar-refractivity contribution in [1.82, 2.24) is 4.57 Å². The summed E-state index contributed by atoms with van der Waals surface area (Å²) in [6.07, 6.45) is 0.898. The molecule has 0 aliphatic heterocycles. The average molecular weight is 437 g/mol. The molecule has 0 fully saturated rings. The molecule has 0 atom stereocenters. The standard InChI is InChI=1S/C20H21ClN2O5S/c1-22(28-29(25)26)17-5-3-6-18-16(17)13-19(14-8-10-15(21)11-9-14)23(18)12-4-7-20(24)27-2/h3,5-6,8-11,13,29H,4,7,12H2,1-2H3. The number of aromatic nitrogens is 1. The predicted molar refractivity (Wildman–Crippen MR) is 113 cm³/mol. The second kappa shape index (κ2) is 9.30. The van der Waals surface area contributed by atoms with Crippen LogP contribution in [-0.2, 0) is 31.3 Å². The number of benzene rings is 2. The highest BCUT2D eigenvalue weighted by Crippen LogP contribution is 2.35. The number of hydrogen-bond donors (Lipinski definition) is 1. The molecule has 0 saturated carbocycles. The van der Waals surface area contributed by atoms with E-state index in [0.29, 0.717) is 30.1 Å². The van der Waals surface area contributed by atoms with Crippen molar-refractivity contribution in [3.8, 4) is 11.3 Å². The molecule has 1 aromatic heterocycles. The third-order valence-electron chi connectivity index (χ3n) is 4.58. The van der Waals surface area contributed by atoms with E-state index in [1.54, 1.807) is 6.07 Å². The van der Waals surface area contributed by atoms with E-state index < -0.39 is 11.0 Å². The van der Waals surface area contributed by atoms with E-state index in [0.717, 1.165) is 22.2 Å². The number of aryl methyl sites for hydroxylation is 1. The fraction of sp³-hybridized carbons (Fsp3) is 0.250. The van der Waals surface area contributed by atoms with Crippen molar-refractivity contribution in [1.29, 1.82) is 0 Å². The largest absolute Gasteiger partial charge is 0.469 e. The minimum atomic E-state index is -3.03. The molecule has 3 aromatic rings. The minimum absolute atomic E-state index is 0.262. The molecule has 0 saturated heterocycles. The lowest BCUT2D eigenvalue weighted by molar-refractivity contribution is -0.140. The van der Waals surface area contributed by atoms with Gasteiger partial charge in [0.05, 0.1) is 18.3 Å². The van der Waals surface area contributed by atoms with E-state index in [1.165, 1.54) is 19.2 Å². The van der Waals surface area contributed by atoms with Crippen molar-refractivity contribution in [3.63, 3.8) is 0 Å². The fourth-order valence-electron chi connectivity index (χ4n) is 3.27. The molecule has 0 aliphatic rings. The zero-order valence-electron chi connectivity index (χ0n) is 16.0. The first-order valence-electron chi connectivity index (χ1n) is 8.92. The maximum atomic E-state index is 11.5. The van der Waals surface area contributed by atoms with Gasteiger partial charge in [0.25, 0.3) is 11.0 Å². The molecular formula is C20H21ClN2O5S. The van der Waals surface area contributed by atoms with Crippen molar-refractivity contribution < 1.29 is 22.2 Å². The number of esters is 1. The molecule has 9 heteroatoms. The Balaban J connectivity index is 2.09. The lowest BCUT2D eigenvalue weighted by Gasteiger charge is -2.16. The molecule has 0 N–H and O–H groups in total. The van der Waals surface area contributed by atoms with Crippen LogP contribution in [0.15, 0.2) is 48.5 Å². The predicted octanol–water partition coefficient (Wildman–Crippen LogP) is 3.81. The molecule has 1 heterocycles. The summed E-state index contributed by atoms with van der Waals surface area (Å²) in [5, 5.41) is 2.68. The number of hydrogen-bond acceptors (Lipinski definition) is 6. The van der Waals surface area contributed by atoms with Gasteiger partial charge in [-0.15, -0.1) is 0 Å². The van der Waals surface area contributed by atoms with Crippen molar-refractivity contribution in [2.45, 2.75) is 19.4 Å². The summed E-state index contributed by atoms with van der Waals surface area (Å²) in [5.74, 6) is -0.262. The number of nitrogens with zero attached hydrogens (tertiary/aromatic N) is 2. The summed E-state index contributed by atoms with van der Waals surface area (Å²) in [6.45, 7) is 0.584. The van der Waals surface area contributed by atoms with Crippen LogP contribution in [0.2, 0.25) is 5.02 Å². The van der Waals surface area contributed by atoms with Gasteiger partial charge in [-0.1, -0.05) is 29.8 Å². The number of carbonyl (C=O) groups excluding carboxylic acids is 1. The molecule has 29 heavy (non-hydrogen) atoms. The number of hydroxylamine groups is 1. The van der Waals surface area contributed by atoms with Crippen LogP contribution in [0.1, 0.15) is 12.8 Å². The van der Waals surface area contributed by atoms with Gasteiger partial charge in [0.2, 0.25) is 0 Å². The highest BCUT2D eigenvalue weighted by Gasteiger charge is 2.16. The second-order valence-electron chi connectivity index (χ2n) is 6.38. The minimum Gasteiger partial charge on any atom is -0.469 e. The Kier molecular flexibility index (Phi) is 6.79. The number of ether oxygens (including phenoxy) is 1. The van der Waals surface area contributed by atoms with E-state index in [2.05, 4.69) is 4.57 Å². The Morgan fingerprint density at radius 2 is 1.90 bits per heavy atom. The van der Waals surface area contributed by atoms with Gasteiger partial charge in [-0.3, -0.25) is 4.79 Å². The van der Waals surface area contributed by atoms with Crippen LogP contribution in [-0.4, -0.2) is 33.1 Å². The third kappa shape index (κ3) is 4.90. The van der Waals surface area contributed by atoms with Crippen LogP contribution in [0.25, 0.3) is 22.2 Å². The highest BCUT2D eigenvalue weighted by atomic mass is 35.5. The van der Waals surface area contributed by atoms with Crippen molar-refractivity contribution in [3.05, 3.63) is 53.6 Å². The summed E-state index contributed by atoms with van der Waals surface area (Å²) in [7, 11) is -0.124. The van der Waals surface area contributed by atoms with E-state index in [9.17, 15) is 13.2 Å². The summed E-state index contributed by atoms with van der Waals surface area (Å²) < 4.78 is 33.6. The molecule has 0 bridgehead atoms. The van der Waals surface area contributed by atoms with E-state index in [1.807, 2.05) is 42.5 Å². The summed E-state index contributed by atoms with van der Waals surface area (Å²) in [4.78, 5) is 11.5. The van der Waals surface area contributed by atoms with E-state index >= 15 is 0 Å². The van der Waals surface area contributed by atoms with Crippen molar-refractivity contribution in [2.24, 2.45) is 0 Å². The average Bonchev–Trinajstić information content (AvgIpc) is 3.06. The molecule has 0 amide bonds. The Hall–Kier alpha value is -2.55. The number of fused-ring (bicyclic) bond motifs is 1. The molecule has 154 valence electrons. The molecule has 0 spiro atoms. The first-order valence-corrected chi connectivity index (χ1v) is 10.4. The van der Waals surface area contributed by atoms with E-state index in [4.69, 9.17) is 20.6 Å². The van der Waals surface area contributed by atoms with Crippen molar-refractivity contribution >= 4 is 45.1 Å². The Morgan fingerprint density at radius 3 is 2.55 bits per heavy atom. The first kappa shape index (κ1) is 21.2. The number of anilines is 1. The van der Waals surface area contributed by atoms with Gasteiger partial charge in [-0.25, -0.2) is 13.5 Å². The van der Waals surface area contributed by atoms with Gasteiger partial charge >= 0.3 is 5.97 Å². The molecule has 3 rings (SSSR count). The fourth-order valence-corrected chi connectivity index (χ4v) is 3.69. The van der Waals surface area contributed by atoms with Gasteiger partial charge in [-0.2, -0.15) is 4.28 Å². The van der Waals surface area contributed by atoms with Crippen molar-refractivity contribution in [2.75, 3.05) is 19.2 Å². The SMILES string of the molecule is COC(=O)CCCn1c(-c2ccc(Cl)cc2)cc2c(N(C)O[SH](=O)=O)cccc21. The summed E-state index contributed by atoms with van der Waals surface area (Å²) in [5.41, 5.74) is 3.39. The number of methoxy groups -OCH3 is 1. The maximum absolute atomic E-state index is 11.5. The smallest absolute Gasteiger partial charge is 0.305 e. The number of carbonyl (C=O) groups is 1. The van der Waals surface area contributed by atoms with Crippen LogP contribution in [0, 0.1) is 0 Å². The molecule has 0 radical (unpaired) electrons. The topological polar surface area (TPSA) is 77.8 Å². The summed E-state index contributed by atoms with van der Waals surface area (Å²) >= 11 is 6.03. The lowest BCUT2D eigenvalue weighted by atomic mass is 10.1. The summed E-state index contributed by atoms with van der Waals surface area (Å²) in [6, 6.07) is 15.0. The maximum Gasteiger partial charge on any atom is 0.305 e. The highest BCUT2D eigenvalue weighted by molar-refractivity contribution is 7.67. The monoisotopic (exact) mass is 436 g/mol. The number of rotatable bonds is 8. The Labute approximate surface area is 175 Å². The zero-order chi connectivity index (χ0) is 21.0. The second-order valence-corrected chi connectivity index (χ2v) is 7.43. The van der Waals surface area contributed by atoms with Gasteiger partial charge in [0.1, 0.15) is 0 Å². The zero-order valence-corrected chi connectivity index (χ0v) is 17.7. The molecule has 7 nitrogen and oxygen atoms in total. The van der Waals surface area contributed by atoms with E-state index in [-0.39, 0.29) is 5.97 Å². The molecular weight excluding hydrogens is 416 g/mol. The molecule has 2 aromatic carbocycles. The van der Waals surface area contributed by atoms with Crippen LogP contribution in [0.3, 0.4) is 0 Å². The first-order chi connectivity index (χ1) is 13.9. The van der Waals surface area contributed by atoms with Crippen LogP contribution in [0.5, 0.6) is 0 Å². The number of halogens is 1. The number of thiol groups is 1. The molecule has 0 aliphatic carbocycles. The van der Waals surface area contributed by atoms with Gasteiger partial charge < -0.3 is 9.30 Å². The Morgan fingerprint density at radius 1 is 1.17 bits per heavy atom. The lowest BCUT2D eigenvalue weighted by Crippen LogP contribution is -2.16. The van der Waals surface area contributed by atoms with Crippen LogP contribution in [0.4, 0.5) is 5.69 Å². The third-order valence-corrected chi connectivity index (χ3v) is 5.21. The normalized spacial score (nSPS) is 11.2. The van der Waals surface area contributed by atoms with Crippen LogP contribution < -0.4 is 5.06 Å².